The standard InChI is InChI=1S/C6H5N3O3S/c10-13(11,12)4-1-2-5-6(3-4)8-9-7-5/h1-2H,3H2,(H,10,11,12). The topological polar surface area (TPSA) is 91.5 Å². The molecular formula is C6H5N3O3S. The number of allylic oxidation sites excluding steroid dienone is 4. The molecule has 0 atom stereocenters. The quantitative estimate of drug-likeness (QED) is 0.635. The van der Waals surface area contributed by atoms with Crippen molar-refractivity contribution < 1.29 is 13.0 Å². The molecule has 0 fully saturated rings. The van der Waals surface area contributed by atoms with Crippen LogP contribution in [0.5, 0.6) is 0 Å². The molecule has 68 valence electrons. The molecule has 7 heteroatoms. The lowest BCUT2D eigenvalue weighted by atomic mass is 10.1. The Kier molecular flexibility index (Phi) is 1.64. The van der Waals surface area contributed by atoms with Crippen LogP contribution in [0, 0.1) is 0 Å². The zero-order valence-corrected chi connectivity index (χ0v) is 7.19. The van der Waals surface area contributed by atoms with Crippen LogP contribution in [-0.4, -0.2) is 18.7 Å². The van der Waals surface area contributed by atoms with Gasteiger partial charge in [0.2, 0.25) is 0 Å². The summed E-state index contributed by atoms with van der Waals surface area (Å²) in [4.78, 5) is -0.0812. The second-order valence-corrected chi connectivity index (χ2v) is 4.05. The van der Waals surface area contributed by atoms with E-state index in [-0.39, 0.29) is 11.3 Å². The normalized spacial score (nSPS) is 20.5. The third-order valence-corrected chi connectivity index (χ3v) is 2.66. The Bertz CT molecular complexity index is 469. The van der Waals surface area contributed by atoms with Gasteiger partial charge in [0, 0.05) is 6.42 Å². The van der Waals surface area contributed by atoms with Gasteiger partial charge in [-0.1, -0.05) is 0 Å². The maximum absolute atomic E-state index is 10.7. The fraction of sp³-hybridized carbons (Fsp3) is 0.167. The molecule has 0 unspecified atom stereocenters. The van der Waals surface area contributed by atoms with Crippen LogP contribution in [0.2, 0.25) is 0 Å². The molecule has 2 aliphatic rings. The third kappa shape index (κ3) is 1.43. The Labute approximate surface area is 74.1 Å². The van der Waals surface area contributed by atoms with Gasteiger partial charge in [-0.25, -0.2) is 0 Å². The number of hydrogen-bond acceptors (Lipinski definition) is 5. The van der Waals surface area contributed by atoms with E-state index in [1.54, 1.807) is 0 Å². The average molecular weight is 199 g/mol. The molecule has 13 heavy (non-hydrogen) atoms. The van der Waals surface area contributed by atoms with E-state index in [2.05, 4.69) is 15.4 Å². The second kappa shape index (κ2) is 2.57. The fourth-order valence-corrected chi connectivity index (χ4v) is 1.62. The van der Waals surface area contributed by atoms with Crippen LogP contribution >= 0.6 is 0 Å². The van der Waals surface area contributed by atoms with Gasteiger partial charge in [0.25, 0.3) is 10.1 Å². The Morgan fingerprint density at radius 1 is 1.38 bits per heavy atom. The van der Waals surface area contributed by atoms with Crippen molar-refractivity contribution in [2.45, 2.75) is 6.42 Å². The Balaban J connectivity index is 2.42. The minimum Gasteiger partial charge on any atom is -0.282 e. The largest absolute Gasteiger partial charge is 0.291 e. The summed E-state index contributed by atoms with van der Waals surface area (Å²) in [6.07, 6.45) is 2.81. The second-order valence-electron chi connectivity index (χ2n) is 2.57. The van der Waals surface area contributed by atoms with Gasteiger partial charge in [0.15, 0.2) is 0 Å². The molecule has 0 aromatic rings. The number of nitrogens with zero attached hydrogens (tertiary/aromatic N) is 3. The van der Waals surface area contributed by atoms with E-state index in [0.717, 1.165) is 0 Å². The molecule has 0 bridgehead atoms. The molecule has 1 aliphatic heterocycles. The molecule has 0 saturated heterocycles. The van der Waals surface area contributed by atoms with E-state index < -0.39 is 10.1 Å². The smallest absolute Gasteiger partial charge is 0.282 e. The molecule has 1 N–H and O–H groups in total. The van der Waals surface area contributed by atoms with Gasteiger partial charge >= 0.3 is 0 Å². The maximum Gasteiger partial charge on any atom is 0.291 e. The molecule has 0 saturated carbocycles. The lowest BCUT2D eigenvalue weighted by molar-refractivity contribution is 0.490. The van der Waals surface area contributed by atoms with Crippen LogP contribution in [0.15, 0.2) is 38.2 Å². The minimum absolute atomic E-state index is 0.0532. The van der Waals surface area contributed by atoms with Gasteiger partial charge in [0.1, 0.15) is 5.70 Å². The van der Waals surface area contributed by atoms with Gasteiger partial charge < -0.3 is 0 Å². The first-order chi connectivity index (χ1) is 6.07. The number of fused-ring (bicyclic) bond motifs is 1. The molecule has 2 rings (SSSR count). The monoisotopic (exact) mass is 199 g/mol. The van der Waals surface area contributed by atoms with Gasteiger partial charge in [0.05, 0.1) is 10.6 Å². The van der Waals surface area contributed by atoms with Crippen molar-refractivity contribution in [3.63, 3.8) is 0 Å². The van der Waals surface area contributed by atoms with Gasteiger partial charge in [-0.2, -0.15) is 8.42 Å². The van der Waals surface area contributed by atoms with E-state index in [9.17, 15) is 8.42 Å². The van der Waals surface area contributed by atoms with Crippen molar-refractivity contribution in [3.8, 4) is 0 Å². The average Bonchev–Trinajstić information content (AvgIpc) is 2.47. The highest BCUT2D eigenvalue weighted by atomic mass is 32.2. The molecule has 0 aromatic heterocycles. The van der Waals surface area contributed by atoms with Crippen LogP contribution < -0.4 is 0 Å². The summed E-state index contributed by atoms with van der Waals surface area (Å²) in [6, 6.07) is 0. The van der Waals surface area contributed by atoms with Crippen LogP contribution in [0.4, 0.5) is 0 Å². The van der Waals surface area contributed by atoms with Gasteiger partial charge in [-0.3, -0.25) is 4.55 Å². The highest BCUT2D eigenvalue weighted by molar-refractivity contribution is 7.89. The van der Waals surface area contributed by atoms with Crippen molar-refractivity contribution in [2.24, 2.45) is 15.4 Å². The highest BCUT2D eigenvalue weighted by Gasteiger charge is 2.23. The van der Waals surface area contributed by atoms with E-state index in [1.165, 1.54) is 12.2 Å². The maximum atomic E-state index is 10.7. The number of rotatable bonds is 1. The minimum atomic E-state index is -4.11. The van der Waals surface area contributed by atoms with E-state index in [4.69, 9.17) is 4.55 Å². The Morgan fingerprint density at radius 3 is 2.85 bits per heavy atom. The van der Waals surface area contributed by atoms with Crippen LogP contribution in [-0.2, 0) is 10.1 Å². The molecular weight excluding hydrogens is 194 g/mol. The highest BCUT2D eigenvalue weighted by Crippen LogP contribution is 2.24. The summed E-state index contributed by atoms with van der Waals surface area (Å²) in [5.74, 6) is 0. The van der Waals surface area contributed by atoms with E-state index >= 15 is 0 Å². The van der Waals surface area contributed by atoms with Gasteiger partial charge in [-0.05, 0) is 17.4 Å². The fourth-order valence-electron chi connectivity index (χ4n) is 1.06. The first-order valence-electron chi connectivity index (χ1n) is 3.44. The summed E-state index contributed by atoms with van der Waals surface area (Å²) in [5, 5.41) is 10.6. The van der Waals surface area contributed by atoms with Gasteiger partial charge in [-0.15, -0.1) is 10.2 Å². The summed E-state index contributed by atoms with van der Waals surface area (Å²) in [7, 11) is -4.11. The van der Waals surface area contributed by atoms with E-state index in [1.807, 2.05) is 0 Å². The number of hydrogen-bond donors (Lipinski definition) is 1. The summed E-state index contributed by atoms with van der Waals surface area (Å²) < 4.78 is 30.2. The van der Waals surface area contributed by atoms with Crippen molar-refractivity contribution >= 4 is 15.8 Å². The molecule has 0 radical (unpaired) electrons. The van der Waals surface area contributed by atoms with Crippen molar-refractivity contribution in [1.29, 1.82) is 0 Å². The van der Waals surface area contributed by atoms with Crippen LogP contribution in [0.1, 0.15) is 6.42 Å². The Hall–Kier alpha value is -1.34. The van der Waals surface area contributed by atoms with Crippen molar-refractivity contribution in [3.05, 3.63) is 22.8 Å². The summed E-state index contributed by atoms with van der Waals surface area (Å²) in [6.45, 7) is 0. The van der Waals surface area contributed by atoms with E-state index in [0.29, 0.717) is 11.4 Å². The molecule has 6 nitrogen and oxygen atoms in total. The first kappa shape index (κ1) is 8.27. The summed E-state index contributed by atoms with van der Waals surface area (Å²) >= 11 is 0. The van der Waals surface area contributed by atoms with Crippen LogP contribution in [0.3, 0.4) is 0 Å². The van der Waals surface area contributed by atoms with Crippen LogP contribution in [0.25, 0.3) is 0 Å². The lowest BCUT2D eigenvalue weighted by Gasteiger charge is -2.06. The van der Waals surface area contributed by atoms with Crippen molar-refractivity contribution in [1.82, 2.24) is 0 Å². The Morgan fingerprint density at radius 2 is 2.15 bits per heavy atom. The third-order valence-electron chi connectivity index (χ3n) is 1.71. The molecule has 1 heterocycles. The first-order valence-corrected chi connectivity index (χ1v) is 4.88. The SMILES string of the molecule is O=S(=O)(O)C1=CC=C2N=NN=C2C1. The van der Waals surface area contributed by atoms with Crippen molar-refractivity contribution in [2.75, 3.05) is 0 Å². The predicted octanol–water partition coefficient (Wildman–Crippen LogP) is 0.868. The molecule has 0 aromatic carbocycles. The molecule has 1 aliphatic carbocycles. The summed E-state index contributed by atoms with van der Waals surface area (Å²) in [5.41, 5.74) is 1.02. The zero-order chi connectivity index (χ0) is 9.47. The zero-order valence-electron chi connectivity index (χ0n) is 6.38. The lowest BCUT2D eigenvalue weighted by Crippen LogP contribution is -2.11. The predicted molar refractivity (Wildman–Crippen MR) is 44.6 cm³/mol. The molecule has 0 spiro atoms. The molecule has 0 amide bonds.